The molecule has 3 aromatic rings. The molecule has 0 saturated carbocycles. The molecular weight excluding hydrogens is 340 g/mol. The first-order valence-corrected chi connectivity index (χ1v) is 8.31. The van der Waals surface area contributed by atoms with Gasteiger partial charge in [0.1, 0.15) is 16.5 Å². The van der Waals surface area contributed by atoms with Crippen LogP contribution in [0.4, 0.5) is 4.39 Å². The third-order valence-electron chi connectivity index (χ3n) is 3.79. The molecular formula is C17H10FNNaO3S+. The third-order valence-corrected chi connectivity index (χ3v) is 5.58. The van der Waals surface area contributed by atoms with Gasteiger partial charge in [-0.25, -0.2) is 17.8 Å². The summed E-state index contributed by atoms with van der Waals surface area (Å²) >= 11 is 0. The zero-order chi connectivity index (χ0) is 16.2. The van der Waals surface area contributed by atoms with Gasteiger partial charge in [0, 0.05) is 5.39 Å². The van der Waals surface area contributed by atoms with Crippen molar-refractivity contribution >= 4 is 31.4 Å². The molecule has 0 atom stereocenters. The van der Waals surface area contributed by atoms with Crippen LogP contribution in [0.1, 0.15) is 11.1 Å². The van der Waals surface area contributed by atoms with Crippen molar-refractivity contribution in [1.29, 1.82) is 0 Å². The molecule has 0 aliphatic carbocycles. The van der Waals surface area contributed by atoms with Crippen LogP contribution in [0, 0.1) is 5.82 Å². The molecule has 0 unspecified atom stereocenters. The van der Waals surface area contributed by atoms with Crippen LogP contribution in [0.15, 0.2) is 59.6 Å². The minimum Gasteiger partial charge on any atom is -0.506 e. The van der Waals surface area contributed by atoms with Gasteiger partial charge in [0.25, 0.3) is 0 Å². The van der Waals surface area contributed by atoms with Crippen LogP contribution in [0.2, 0.25) is 0 Å². The first-order valence-electron chi connectivity index (χ1n) is 6.83. The van der Waals surface area contributed by atoms with Gasteiger partial charge < -0.3 is 5.11 Å². The third kappa shape index (κ3) is 2.46. The summed E-state index contributed by atoms with van der Waals surface area (Å²) in [5.41, 5.74) is 0.928. The van der Waals surface area contributed by atoms with Gasteiger partial charge in [0.2, 0.25) is 9.84 Å². The molecule has 0 radical (unpaired) electrons. The topological polar surface area (TPSA) is 67.3 Å². The average molecular weight is 350 g/mol. The first-order chi connectivity index (χ1) is 11.0. The smallest absolute Gasteiger partial charge is 0.506 e. The maximum Gasteiger partial charge on any atom is 1.00 e. The normalized spacial score (nSPS) is 15.2. The largest absolute Gasteiger partial charge is 1.00 e. The fourth-order valence-corrected chi connectivity index (χ4v) is 4.38. The summed E-state index contributed by atoms with van der Waals surface area (Å²) < 4.78 is 38.6. The Labute approximate surface area is 159 Å². The van der Waals surface area contributed by atoms with Crippen molar-refractivity contribution in [3.05, 3.63) is 71.5 Å². The molecule has 114 valence electrons. The van der Waals surface area contributed by atoms with Gasteiger partial charge in [-0.3, -0.25) is 0 Å². The van der Waals surface area contributed by atoms with Crippen LogP contribution in [-0.4, -0.2) is 18.5 Å². The number of hydrogen-bond donors (Lipinski definition) is 1. The van der Waals surface area contributed by atoms with Crippen LogP contribution in [-0.2, 0) is 9.84 Å². The van der Waals surface area contributed by atoms with Crippen LogP contribution in [0.5, 0.6) is 0 Å². The van der Waals surface area contributed by atoms with E-state index in [-0.39, 0.29) is 56.4 Å². The van der Waals surface area contributed by atoms with Gasteiger partial charge in [0.15, 0.2) is 5.03 Å². The Hall–Kier alpha value is -1.73. The molecule has 0 saturated heterocycles. The van der Waals surface area contributed by atoms with Gasteiger partial charge in [-0.15, -0.1) is 0 Å². The van der Waals surface area contributed by atoms with E-state index in [2.05, 4.69) is 4.98 Å². The Morgan fingerprint density at radius 2 is 1.67 bits per heavy atom. The van der Waals surface area contributed by atoms with Gasteiger partial charge >= 0.3 is 29.6 Å². The van der Waals surface area contributed by atoms with Crippen molar-refractivity contribution in [2.45, 2.75) is 5.03 Å². The summed E-state index contributed by atoms with van der Waals surface area (Å²) in [6, 6.07) is 13.6. The minimum absolute atomic E-state index is 0. The zero-order valence-electron chi connectivity index (χ0n) is 12.7. The van der Waals surface area contributed by atoms with E-state index in [0.29, 0.717) is 5.52 Å². The number of halogens is 1. The zero-order valence-corrected chi connectivity index (χ0v) is 15.5. The second-order valence-electron chi connectivity index (χ2n) is 5.22. The van der Waals surface area contributed by atoms with Crippen LogP contribution < -0.4 is 29.6 Å². The van der Waals surface area contributed by atoms with Gasteiger partial charge in [-0.2, -0.15) is 0 Å². The van der Waals surface area contributed by atoms with E-state index in [1.54, 1.807) is 24.3 Å². The van der Waals surface area contributed by atoms with E-state index < -0.39 is 15.7 Å². The van der Waals surface area contributed by atoms with Crippen molar-refractivity contribution in [2.75, 3.05) is 0 Å². The van der Waals surface area contributed by atoms with Crippen molar-refractivity contribution in [1.82, 2.24) is 4.98 Å². The molecule has 1 aliphatic rings. The van der Waals surface area contributed by atoms with Crippen molar-refractivity contribution in [3.63, 3.8) is 0 Å². The molecule has 1 N–H and O–H groups in total. The Morgan fingerprint density at radius 3 is 2.38 bits per heavy atom. The Morgan fingerprint density at radius 1 is 1.00 bits per heavy atom. The second kappa shape index (κ2) is 5.97. The number of para-hydroxylation sites is 1. The summed E-state index contributed by atoms with van der Waals surface area (Å²) in [5, 5.41) is 11.0. The molecule has 1 aliphatic heterocycles. The first kappa shape index (κ1) is 17.1. The number of pyridine rings is 1. The number of sulfone groups is 1. The predicted octanol–water partition coefficient (Wildman–Crippen LogP) is 0.549. The molecule has 7 heteroatoms. The quantitative estimate of drug-likeness (QED) is 0.651. The fourth-order valence-electron chi connectivity index (χ4n) is 2.71. The molecule has 4 nitrogen and oxygen atoms in total. The van der Waals surface area contributed by atoms with E-state index in [4.69, 9.17) is 0 Å². The van der Waals surface area contributed by atoms with E-state index in [0.717, 1.165) is 17.5 Å². The maximum absolute atomic E-state index is 13.1. The summed E-state index contributed by atoms with van der Waals surface area (Å²) in [7, 11) is -3.96. The Kier molecular flexibility index (Phi) is 4.25. The van der Waals surface area contributed by atoms with Crippen LogP contribution in [0.3, 0.4) is 0 Å². The van der Waals surface area contributed by atoms with E-state index in [1.165, 1.54) is 12.1 Å². The summed E-state index contributed by atoms with van der Waals surface area (Å²) in [6.45, 7) is 0. The molecule has 0 fully saturated rings. The number of hydrogen-bond acceptors (Lipinski definition) is 4. The van der Waals surface area contributed by atoms with E-state index in [9.17, 15) is 17.9 Å². The number of fused-ring (bicyclic) bond motifs is 2. The molecule has 0 spiro atoms. The van der Waals surface area contributed by atoms with Crippen molar-refractivity contribution < 1.29 is 47.5 Å². The maximum atomic E-state index is 13.1. The van der Waals surface area contributed by atoms with Crippen LogP contribution in [0.25, 0.3) is 21.6 Å². The number of aromatic nitrogens is 1. The number of aliphatic hydroxyl groups excluding tert-OH is 1. The van der Waals surface area contributed by atoms with Gasteiger partial charge in [-0.1, -0.05) is 30.3 Å². The molecule has 24 heavy (non-hydrogen) atoms. The fraction of sp³-hybridized carbons (Fsp3) is 0. The Balaban J connectivity index is 0.00000169. The summed E-state index contributed by atoms with van der Waals surface area (Å²) in [5.74, 6) is -0.838. The second-order valence-corrected chi connectivity index (χ2v) is 7.02. The SMILES string of the molecule is O=S1(=O)C(c2ccc(F)cc2)=C(O)c2cc3ccccc3nc21.[Na+]. The molecule has 0 bridgehead atoms. The summed E-state index contributed by atoms with van der Waals surface area (Å²) in [4.78, 5) is 3.95. The van der Waals surface area contributed by atoms with Crippen molar-refractivity contribution in [2.24, 2.45) is 0 Å². The number of aliphatic hydroxyl groups is 1. The monoisotopic (exact) mass is 350 g/mol. The average Bonchev–Trinajstić information content (AvgIpc) is 2.73. The minimum atomic E-state index is -3.96. The van der Waals surface area contributed by atoms with Gasteiger partial charge in [-0.05, 0) is 29.8 Å². The Bertz CT molecular complexity index is 1090. The molecule has 0 amide bonds. The molecule has 1 aromatic heterocycles. The molecule has 2 aromatic carbocycles. The number of benzene rings is 2. The standard InChI is InChI=1S/C17H10FNO3S.Na/c18-12-7-5-10(6-8-12)16-15(20)13-9-11-3-1-2-4-14(11)19-17(13)23(16,21)22;/h1-9,20H;/q;+1. The number of nitrogens with zero attached hydrogens (tertiary/aromatic N) is 1. The van der Waals surface area contributed by atoms with E-state index in [1.807, 2.05) is 6.07 Å². The predicted molar refractivity (Wildman–Crippen MR) is 84.8 cm³/mol. The summed E-state index contributed by atoms with van der Waals surface area (Å²) in [6.07, 6.45) is 0. The van der Waals surface area contributed by atoms with E-state index >= 15 is 0 Å². The molecule has 4 rings (SSSR count). The molecule has 2 heterocycles. The van der Waals surface area contributed by atoms with Gasteiger partial charge in [0.05, 0.1) is 11.1 Å². The van der Waals surface area contributed by atoms with Crippen molar-refractivity contribution in [3.8, 4) is 0 Å². The number of rotatable bonds is 1. The van der Waals surface area contributed by atoms with Crippen LogP contribution >= 0.6 is 0 Å².